The van der Waals surface area contributed by atoms with E-state index in [0.29, 0.717) is 6.42 Å². The fraction of sp³-hybridized carbons (Fsp3) is 0.300. The van der Waals surface area contributed by atoms with E-state index in [1.807, 2.05) is 30.3 Å². The highest BCUT2D eigenvalue weighted by atomic mass is 35.5. The van der Waals surface area contributed by atoms with E-state index >= 15 is 0 Å². The lowest BCUT2D eigenvalue weighted by atomic mass is 10.1. The molecule has 0 spiro atoms. The molecule has 72 valence electrons. The zero-order valence-corrected chi connectivity index (χ0v) is 8.43. The molecule has 0 fully saturated rings. The van der Waals surface area contributed by atoms with Gasteiger partial charge in [0, 0.05) is 13.5 Å². The number of halogens is 1. The summed E-state index contributed by atoms with van der Waals surface area (Å²) < 4.78 is 0. The van der Waals surface area contributed by atoms with Crippen LogP contribution in [0.5, 0.6) is 0 Å². The number of hydrogen-bond donors (Lipinski definition) is 1. The van der Waals surface area contributed by atoms with Crippen molar-refractivity contribution >= 4 is 18.3 Å². The monoisotopic (exact) mass is 199 g/mol. The smallest absolute Gasteiger partial charge is 0.220 e. The van der Waals surface area contributed by atoms with E-state index < -0.39 is 0 Å². The SMILES string of the molecule is CNC(=O)CCc1ccccc1.Cl. The van der Waals surface area contributed by atoms with Crippen LogP contribution >= 0.6 is 12.4 Å². The minimum Gasteiger partial charge on any atom is -0.359 e. The molecule has 1 aromatic rings. The van der Waals surface area contributed by atoms with Gasteiger partial charge in [0.25, 0.3) is 0 Å². The van der Waals surface area contributed by atoms with Gasteiger partial charge in [0.2, 0.25) is 5.91 Å². The van der Waals surface area contributed by atoms with Crippen LogP contribution in [0.3, 0.4) is 0 Å². The zero-order chi connectivity index (χ0) is 8.81. The fourth-order valence-corrected chi connectivity index (χ4v) is 1.03. The summed E-state index contributed by atoms with van der Waals surface area (Å²) in [6, 6.07) is 10.0. The second-order valence-electron chi connectivity index (χ2n) is 2.66. The van der Waals surface area contributed by atoms with E-state index in [-0.39, 0.29) is 18.3 Å². The third-order valence-corrected chi connectivity index (χ3v) is 1.76. The van der Waals surface area contributed by atoms with Crippen LogP contribution < -0.4 is 5.32 Å². The minimum atomic E-state index is 0. The summed E-state index contributed by atoms with van der Waals surface area (Å²) in [7, 11) is 1.66. The van der Waals surface area contributed by atoms with Gasteiger partial charge in [-0.3, -0.25) is 4.79 Å². The van der Waals surface area contributed by atoms with Crippen LogP contribution in [-0.4, -0.2) is 13.0 Å². The average Bonchev–Trinajstić information content (AvgIpc) is 2.16. The molecule has 13 heavy (non-hydrogen) atoms. The van der Waals surface area contributed by atoms with E-state index in [0.717, 1.165) is 6.42 Å². The average molecular weight is 200 g/mol. The standard InChI is InChI=1S/C10H13NO.ClH/c1-11-10(12)8-7-9-5-3-2-4-6-9;/h2-6H,7-8H2,1H3,(H,11,12);1H. The summed E-state index contributed by atoms with van der Waals surface area (Å²) in [5.74, 6) is 0.0962. The van der Waals surface area contributed by atoms with Gasteiger partial charge in [0.05, 0.1) is 0 Å². The van der Waals surface area contributed by atoms with Crippen LogP contribution in [0, 0.1) is 0 Å². The number of hydrogen-bond acceptors (Lipinski definition) is 1. The number of amides is 1. The third kappa shape index (κ3) is 4.53. The molecule has 1 amide bonds. The number of carbonyl (C=O) groups is 1. The maximum absolute atomic E-state index is 10.9. The van der Waals surface area contributed by atoms with E-state index in [9.17, 15) is 4.79 Å². The van der Waals surface area contributed by atoms with Crippen molar-refractivity contribution in [3.05, 3.63) is 35.9 Å². The first-order valence-electron chi connectivity index (χ1n) is 4.07. The Morgan fingerprint density at radius 1 is 1.31 bits per heavy atom. The number of rotatable bonds is 3. The largest absolute Gasteiger partial charge is 0.359 e. The van der Waals surface area contributed by atoms with Gasteiger partial charge in [-0.25, -0.2) is 0 Å². The summed E-state index contributed by atoms with van der Waals surface area (Å²) in [6.07, 6.45) is 1.39. The summed E-state index contributed by atoms with van der Waals surface area (Å²) in [4.78, 5) is 10.9. The molecule has 1 N–H and O–H groups in total. The van der Waals surface area contributed by atoms with Gasteiger partial charge >= 0.3 is 0 Å². The Bertz CT molecular complexity index is 248. The van der Waals surface area contributed by atoms with Gasteiger partial charge in [-0.15, -0.1) is 12.4 Å². The Hall–Kier alpha value is -1.02. The molecule has 0 aromatic heterocycles. The van der Waals surface area contributed by atoms with Gasteiger partial charge < -0.3 is 5.32 Å². The van der Waals surface area contributed by atoms with Crippen LogP contribution in [0.4, 0.5) is 0 Å². The van der Waals surface area contributed by atoms with Crippen LogP contribution in [-0.2, 0) is 11.2 Å². The Balaban J connectivity index is 0.00000144. The molecular weight excluding hydrogens is 186 g/mol. The molecule has 0 radical (unpaired) electrons. The van der Waals surface area contributed by atoms with Crippen molar-refractivity contribution in [1.29, 1.82) is 0 Å². The van der Waals surface area contributed by atoms with Crippen molar-refractivity contribution in [2.75, 3.05) is 7.05 Å². The number of carbonyl (C=O) groups excluding carboxylic acids is 1. The molecule has 2 nitrogen and oxygen atoms in total. The van der Waals surface area contributed by atoms with Crippen molar-refractivity contribution in [2.24, 2.45) is 0 Å². The molecule has 1 aromatic carbocycles. The van der Waals surface area contributed by atoms with Gasteiger partial charge in [-0.2, -0.15) is 0 Å². The molecule has 0 saturated carbocycles. The van der Waals surface area contributed by atoms with Crippen LogP contribution in [0.25, 0.3) is 0 Å². The van der Waals surface area contributed by atoms with Crippen molar-refractivity contribution in [3.63, 3.8) is 0 Å². The van der Waals surface area contributed by atoms with E-state index in [2.05, 4.69) is 5.32 Å². The fourth-order valence-electron chi connectivity index (χ4n) is 1.03. The van der Waals surface area contributed by atoms with Gasteiger partial charge in [-0.1, -0.05) is 30.3 Å². The molecule has 0 aliphatic carbocycles. The first kappa shape index (κ1) is 12.0. The first-order chi connectivity index (χ1) is 5.83. The van der Waals surface area contributed by atoms with Gasteiger partial charge in [-0.05, 0) is 12.0 Å². The van der Waals surface area contributed by atoms with Crippen LogP contribution in [0.1, 0.15) is 12.0 Å². The molecular formula is C10H14ClNO. The lowest BCUT2D eigenvalue weighted by Gasteiger charge is -1.99. The molecule has 0 heterocycles. The molecule has 0 bridgehead atoms. The van der Waals surface area contributed by atoms with Crippen molar-refractivity contribution in [3.8, 4) is 0 Å². The van der Waals surface area contributed by atoms with E-state index in [1.54, 1.807) is 7.05 Å². The zero-order valence-electron chi connectivity index (χ0n) is 7.62. The van der Waals surface area contributed by atoms with Crippen LogP contribution in [0.15, 0.2) is 30.3 Å². The van der Waals surface area contributed by atoms with Gasteiger partial charge in [0.1, 0.15) is 0 Å². The highest BCUT2D eigenvalue weighted by molar-refractivity contribution is 5.85. The normalized spacial score (nSPS) is 8.69. The highest BCUT2D eigenvalue weighted by Gasteiger charge is 1.97. The topological polar surface area (TPSA) is 29.1 Å². The Morgan fingerprint density at radius 2 is 1.92 bits per heavy atom. The van der Waals surface area contributed by atoms with Crippen molar-refractivity contribution < 1.29 is 4.79 Å². The summed E-state index contributed by atoms with van der Waals surface area (Å²) in [6.45, 7) is 0. The molecule has 0 aliphatic heterocycles. The molecule has 0 atom stereocenters. The first-order valence-corrected chi connectivity index (χ1v) is 4.07. The summed E-state index contributed by atoms with van der Waals surface area (Å²) >= 11 is 0. The van der Waals surface area contributed by atoms with Crippen molar-refractivity contribution in [1.82, 2.24) is 5.32 Å². The van der Waals surface area contributed by atoms with Gasteiger partial charge in [0.15, 0.2) is 0 Å². The van der Waals surface area contributed by atoms with E-state index in [1.165, 1.54) is 5.56 Å². The molecule has 1 rings (SSSR count). The lowest BCUT2D eigenvalue weighted by Crippen LogP contribution is -2.17. The molecule has 0 aliphatic rings. The minimum absolute atomic E-state index is 0. The number of nitrogens with one attached hydrogen (secondary N) is 1. The maximum atomic E-state index is 10.9. The quantitative estimate of drug-likeness (QED) is 0.790. The summed E-state index contributed by atoms with van der Waals surface area (Å²) in [5.41, 5.74) is 1.21. The Morgan fingerprint density at radius 3 is 2.46 bits per heavy atom. The van der Waals surface area contributed by atoms with Crippen LogP contribution in [0.2, 0.25) is 0 Å². The summed E-state index contributed by atoms with van der Waals surface area (Å²) in [5, 5.41) is 2.60. The predicted molar refractivity (Wildman–Crippen MR) is 56.1 cm³/mol. The van der Waals surface area contributed by atoms with E-state index in [4.69, 9.17) is 0 Å². The molecule has 0 unspecified atom stereocenters. The molecule has 0 saturated heterocycles. The third-order valence-electron chi connectivity index (χ3n) is 1.76. The second-order valence-corrected chi connectivity index (χ2v) is 2.66. The Labute approximate surface area is 84.8 Å². The highest BCUT2D eigenvalue weighted by Crippen LogP contribution is 2.01. The number of benzene rings is 1. The Kier molecular flexibility index (Phi) is 5.98. The second kappa shape index (κ2) is 6.49. The van der Waals surface area contributed by atoms with Crippen molar-refractivity contribution in [2.45, 2.75) is 12.8 Å². The lowest BCUT2D eigenvalue weighted by molar-refractivity contribution is -0.120. The maximum Gasteiger partial charge on any atom is 0.220 e. The molecule has 3 heteroatoms. The predicted octanol–water partition coefficient (Wildman–Crippen LogP) is 1.79. The number of aryl methyl sites for hydroxylation is 1.